The van der Waals surface area contributed by atoms with E-state index in [9.17, 15) is 29.7 Å². The van der Waals surface area contributed by atoms with E-state index in [0.717, 1.165) is 0 Å². The van der Waals surface area contributed by atoms with Gasteiger partial charge in [-0.1, -0.05) is 0 Å². The molecule has 0 aliphatic carbocycles. The fourth-order valence-electron chi connectivity index (χ4n) is 2.59. The maximum Gasteiger partial charge on any atom is 0.260 e. The Bertz CT molecular complexity index is 799. The molecule has 0 aliphatic rings. The molecule has 0 aliphatic heterocycles. The van der Waals surface area contributed by atoms with E-state index in [1.165, 1.54) is 6.07 Å². The van der Waals surface area contributed by atoms with E-state index < -0.39 is 42.6 Å². The predicted molar refractivity (Wildman–Crippen MR) is 130 cm³/mol. The highest BCUT2D eigenvalue weighted by molar-refractivity contribution is 14.3. The summed E-state index contributed by atoms with van der Waals surface area (Å²) in [6.07, 6.45) is -2.95. The van der Waals surface area contributed by atoms with Crippen molar-refractivity contribution in [2.75, 3.05) is 18.5 Å². The summed E-state index contributed by atoms with van der Waals surface area (Å²) in [5.41, 5.74) is 10.6. The van der Waals surface area contributed by atoms with Gasteiger partial charge in [0.25, 0.3) is 17.7 Å². The van der Waals surface area contributed by atoms with Gasteiger partial charge in [0, 0.05) is 12.8 Å². The zero-order valence-corrected chi connectivity index (χ0v) is 21.3. The summed E-state index contributed by atoms with van der Waals surface area (Å²) in [6.45, 7) is -1.23. The zero-order chi connectivity index (χ0) is 22.5. The summed E-state index contributed by atoms with van der Waals surface area (Å²) in [6, 6.07) is 1.26. The van der Waals surface area contributed by atoms with Crippen LogP contribution >= 0.6 is 67.8 Å². The summed E-state index contributed by atoms with van der Waals surface area (Å²) >= 11 is 5.53. The van der Waals surface area contributed by atoms with Crippen LogP contribution in [0.5, 0.6) is 0 Å². The Morgan fingerprint density at radius 2 is 1.52 bits per heavy atom. The minimum absolute atomic E-state index is 0.118. The Morgan fingerprint density at radius 3 is 1.93 bits per heavy atom. The minimum atomic E-state index is -1.28. The highest BCUT2D eigenvalue weighted by Gasteiger charge is 2.32. The number of amides is 3. The third kappa shape index (κ3) is 7.39. The molecule has 1 rings (SSSR count). The first-order chi connectivity index (χ1) is 13.3. The van der Waals surface area contributed by atoms with Gasteiger partial charge in [-0.15, -0.1) is 0 Å². The van der Waals surface area contributed by atoms with Gasteiger partial charge in [-0.25, -0.2) is 0 Å². The van der Waals surface area contributed by atoms with Crippen LogP contribution in [0.3, 0.4) is 0 Å². The van der Waals surface area contributed by atoms with Crippen molar-refractivity contribution in [3.05, 3.63) is 28.3 Å². The lowest BCUT2D eigenvalue weighted by molar-refractivity contribution is -0.114. The van der Waals surface area contributed by atoms with E-state index in [1.54, 1.807) is 0 Å². The molecule has 10 nitrogen and oxygen atoms in total. The van der Waals surface area contributed by atoms with Crippen LogP contribution in [-0.4, -0.2) is 63.0 Å². The molecule has 2 atom stereocenters. The van der Waals surface area contributed by atoms with Crippen molar-refractivity contribution < 1.29 is 34.8 Å². The van der Waals surface area contributed by atoms with Crippen molar-refractivity contribution in [3.63, 3.8) is 0 Å². The molecule has 9 N–H and O–H groups in total. The van der Waals surface area contributed by atoms with Crippen LogP contribution in [0.2, 0.25) is 0 Å². The summed E-state index contributed by atoms with van der Waals surface area (Å²) in [5, 5.41) is 40.6. The van der Waals surface area contributed by atoms with Crippen molar-refractivity contribution >= 4 is 91.2 Å². The molecule has 0 saturated heterocycles. The van der Waals surface area contributed by atoms with Crippen molar-refractivity contribution in [3.8, 4) is 0 Å². The van der Waals surface area contributed by atoms with Crippen molar-refractivity contribution in [2.45, 2.75) is 24.5 Å². The van der Waals surface area contributed by atoms with E-state index in [2.05, 4.69) is 5.32 Å². The SMILES string of the molecule is NC(=O)c1cc(CC(O)CO)c(CC(O)CO)c(C(N)=O)c1NC(=O)C(I)(I)I. The number of nitrogens with one attached hydrogen (secondary N) is 1. The van der Waals surface area contributed by atoms with E-state index in [0.29, 0.717) is 0 Å². The summed E-state index contributed by atoms with van der Waals surface area (Å²) in [4.78, 5) is 36.8. The molecule has 0 bridgehead atoms. The van der Waals surface area contributed by atoms with Gasteiger partial charge >= 0.3 is 0 Å². The lowest BCUT2D eigenvalue weighted by atomic mass is 9.88. The summed E-state index contributed by atoms with van der Waals surface area (Å²) in [7, 11) is 0. The summed E-state index contributed by atoms with van der Waals surface area (Å²) in [5.74, 6) is -2.52. The first kappa shape index (κ1) is 26.7. The molecule has 0 fully saturated rings. The molecule has 1 aromatic rings. The quantitative estimate of drug-likeness (QED) is 0.125. The Hall–Kier alpha value is -0.340. The van der Waals surface area contributed by atoms with Crippen LogP contribution in [-0.2, 0) is 17.6 Å². The Balaban J connectivity index is 3.84. The summed E-state index contributed by atoms with van der Waals surface area (Å²) < 4.78 is -0.965. The van der Waals surface area contributed by atoms with Crippen LogP contribution in [0.1, 0.15) is 31.8 Å². The molecule has 13 heteroatoms. The van der Waals surface area contributed by atoms with Gasteiger partial charge < -0.3 is 37.2 Å². The average Bonchev–Trinajstić information content (AvgIpc) is 2.61. The lowest BCUT2D eigenvalue weighted by Gasteiger charge is -2.23. The molecule has 162 valence electrons. The fourth-order valence-corrected chi connectivity index (χ4v) is 3.00. The van der Waals surface area contributed by atoms with Crippen LogP contribution < -0.4 is 16.8 Å². The number of halogens is 3. The average molecular weight is 747 g/mol. The van der Waals surface area contributed by atoms with E-state index >= 15 is 0 Å². The number of carbonyl (C=O) groups is 3. The topological polar surface area (TPSA) is 196 Å². The van der Waals surface area contributed by atoms with Crippen LogP contribution in [0.4, 0.5) is 5.69 Å². The monoisotopic (exact) mass is 747 g/mol. The highest BCUT2D eigenvalue weighted by Crippen LogP contribution is 2.38. The predicted octanol–water partition coefficient (Wildman–Crippen LogP) is -0.427. The van der Waals surface area contributed by atoms with Crippen molar-refractivity contribution in [1.29, 1.82) is 0 Å². The molecule has 0 aromatic heterocycles. The number of carbonyl (C=O) groups excluding carboxylic acids is 3. The van der Waals surface area contributed by atoms with Gasteiger partial charge in [0.15, 0.2) is 0 Å². The van der Waals surface area contributed by atoms with Gasteiger partial charge in [-0.05, 0) is 85.0 Å². The van der Waals surface area contributed by atoms with Gasteiger partial charge in [-0.2, -0.15) is 0 Å². The second-order valence-electron chi connectivity index (χ2n) is 6.07. The van der Waals surface area contributed by atoms with Gasteiger partial charge in [0.05, 0.1) is 42.2 Å². The van der Waals surface area contributed by atoms with Gasteiger partial charge in [0.1, 0.15) is 0 Å². The van der Waals surface area contributed by atoms with E-state index in [1.807, 2.05) is 67.8 Å². The maximum absolute atomic E-state index is 12.5. The zero-order valence-electron chi connectivity index (χ0n) is 14.9. The molecule has 0 spiro atoms. The second kappa shape index (κ2) is 11.3. The Morgan fingerprint density at radius 1 is 1.00 bits per heavy atom. The molecule has 3 amide bonds. The van der Waals surface area contributed by atoms with Crippen molar-refractivity contribution in [1.82, 2.24) is 0 Å². The molecular formula is C16H20I3N3O7. The number of aliphatic hydroxyl groups is 4. The molecule has 29 heavy (non-hydrogen) atoms. The standard InChI is InChI=1S/C16H20I3N3O7/c17-16(18,19)15(29)22-12-10(13(20)27)2-6(1-7(25)4-23)9(3-8(26)5-24)11(12)14(21)28/h2,7-8,23-26H,1,3-5H2,(H2,20,27)(H2,21,28)(H,22,29). The maximum atomic E-state index is 12.5. The van der Waals surface area contributed by atoms with E-state index in [4.69, 9.17) is 16.6 Å². The number of rotatable bonds is 10. The molecular weight excluding hydrogens is 727 g/mol. The second-order valence-corrected chi connectivity index (χ2v) is 17.1. The Kier molecular flexibility index (Phi) is 10.4. The minimum Gasteiger partial charge on any atom is -0.394 e. The molecule has 1 aromatic carbocycles. The van der Waals surface area contributed by atoms with Crippen LogP contribution in [0.15, 0.2) is 6.07 Å². The highest BCUT2D eigenvalue weighted by atomic mass is 127. The third-order valence-electron chi connectivity index (χ3n) is 3.85. The number of nitrogens with two attached hydrogens (primary N) is 2. The smallest absolute Gasteiger partial charge is 0.260 e. The number of primary amides is 2. The van der Waals surface area contributed by atoms with Crippen LogP contribution in [0.25, 0.3) is 0 Å². The Labute approximate surface area is 207 Å². The molecule has 0 heterocycles. The molecule has 0 radical (unpaired) electrons. The number of benzene rings is 1. The van der Waals surface area contributed by atoms with Crippen LogP contribution in [0, 0.1) is 0 Å². The molecule has 2 unspecified atom stereocenters. The van der Waals surface area contributed by atoms with E-state index in [-0.39, 0.29) is 40.8 Å². The number of anilines is 1. The molecule has 0 saturated carbocycles. The number of aliphatic hydroxyl groups excluding tert-OH is 4. The number of hydrogen-bond acceptors (Lipinski definition) is 7. The normalized spacial score (nSPS) is 13.6. The number of alkyl halides is 3. The van der Waals surface area contributed by atoms with Gasteiger partial charge in [0.2, 0.25) is -0.565 Å². The fraction of sp³-hybridized carbons (Fsp3) is 0.438. The van der Waals surface area contributed by atoms with Gasteiger partial charge in [-0.3, -0.25) is 14.4 Å². The van der Waals surface area contributed by atoms with Crippen molar-refractivity contribution in [2.24, 2.45) is 11.5 Å². The first-order valence-electron chi connectivity index (χ1n) is 8.07. The third-order valence-corrected chi connectivity index (χ3v) is 5.32. The largest absolute Gasteiger partial charge is 0.394 e. The first-order valence-corrected chi connectivity index (χ1v) is 11.3. The number of hydrogen-bond donors (Lipinski definition) is 7. The lowest BCUT2D eigenvalue weighted by Crippen LogP contribution is -2.31.